The molecule has 2 aromatic rings. The summed E-state index contributed by atoms with van der Waals surface area (Å²) in [6.45, 7) is 4.99. The molecule has 5 nitrogen and oxygen atoms in total. The van der Waals surface area contributed by atoms with Gasteiger partial charge in [-0.25, -0.2) is 0 Å². The summed E-state index contributed by atoms with van der Waals surface area (Å²) in [6.07, 6.45) is 2.46. The molecule has 2 rings (SSSR count). The van der Waals surface area contributed by atoms with Gasteiger partial charge in [0.15, 0.2) is 0 Å². The summed E-state index contributed by atoms with van der Waals surface area (Å²) in [6, 6.07) is 14.7. The van der Waals surface area contributed by atoms with Crippen molar-refractivity contribution in [3.05, 3.63) is 64.7 Å². The first kappa shape index (κ1) is 26.1. The maximum Gasteiger partial charge on any atom is 0.242 e. The Morgan fingerprint density at radius 3 is 2.62 bits per heavy atom. The molecule has 1 N–H and O–H groups in total. The average molecular weight is 477 g/mol. The minimum Gasteiger partial charge on any atom is -0.497 e. The molecule has 0 saturated heterocycles. The van der Waals surface area contributed by atoms with Crippen LogP contribution in [0.1, 0.15) is 44.2 Å². The van der Waals surface area contributed by atoms with Gasteiger partial charge in [-0.05, 0) is 42.2 Å². The number of carbonyl (C=O) groups is 2. The minimum absolute atomic E-state index is 0.0673. The summed E-state index contributed by atoms with van der Waals surface area (Å²) in [5, 5.41) is 3.68. The molecule has 0 fully saturated rings. The van der Waals surface area contributed by atoms with E-state index in [1.807, 2.05) is 55.5 Å². The van der Waals surface area contributed by atoms with Crippen LogP contribution in [0.15, 0.2) is 48.5 Å². The Balaban J connectivity index is 2.14. The van der Waals surface area contributed by atoms with Gasteiger partial charge in [-0.2, -0.15) is 0 Å². The van der Waals surface area contributed by atoms with Crippen LogP contribution in [0.4, 0.5) is 0 Å². The number of benzene rings is 2. The van der Waals surface area contributed by atoms with Gasteiger partial charge in [-0.1, -0.05) is 62.2 Å². The monoisotopic (exact) mass is 476 g/mol. The molecule has 0 radical (unpaired) electrons. The number of carbonyl (C=O) groups excluding carboxylic acids is 2. The van der Waals surface area contributed by atoms with Crippen LogP contribution in [-0.2, 0) is 21.9 Å². The van der Waals surface area contributed by atoms with Crippen molar-refractivity contribution in [3.8, 4) is 5.75 Å². The van der Waals surface area contributed by atoms with E-state index in [-0.39, 0.29) is 17.6 Å². The van der Waals surface area contributed by atoms with Gasteiger partial charge in [0, 0.05) is 23.9 Å². The summed E-state index contributed by atoms with van der Waals surface area (Å²) in [7, 11) is 1.61. The highest BCUT2D eigenvalue weighted by molar-refractivity contribution is 7.99. The number of hydrogen-bond donors (Lipinski definition) is 1. The van der Waals surface area contributed by atoms with Gasteiger partial charge >= 0.3 is 0 Å². The lowest BCUT2D eigenvalue weighted by atomic mass is 10.1. The van der Waals surface area contributed by atoms with Gasteiger partial charge in [-0.3, -0.25) is 9.59 Å². The fourth-order valence-corrected chi connectivity index (χ4v) is 4.54. The van der Waals surface area contributed by atoms with E-state index in [4.69, 9.17) is 16.3 Å². The number of unbranched alkanes of at least 4 members (excludes halogenated alkanes) is 1. The highest BCUT2D eigenvalue weighted by Crippen LogP contribution is 2.22. The molecule has 0 heterocycles. The zero-order chi connectivity index (χ0) is 23.3. The number of methoxy groups -OCH3 is 1. The molecule has 2 aromatic carbocycles. The van der Waals surface area contributed by atoms with Crippen LogP contribution in [0.3, 0.4) is 0 Å². The second-order valence-corrected chi connectivity index (χ2v) is 8.92. The number of ether oxygens (including phenoxy) is 1. The van der Waals surface area contributed by atoms with E-state index in [0.29, 0.717) is 30.3 Å². The van der Waals surface area contributed by atoms with Crippen LogP contribution >= 0.6 is 23.4 Å². The highest BCUT2D eigenvalue weighted by Gasteiger charge is 2.28. The fourth-order valence-electron chi connectivity index (χ4n) is 3.34. The SMILES string of the molecule is CCCCNC(=O)[C@@H](CC)N(Cc1cccc(OC)c1)C(=O)CSCc1ccccc1Cl. The van der Waals surface area contributed by atoms with Crippen LogP contribution < -0.4 is 10.1 Å². The molecule has 0 aromatic heterocycles. The first-order valence-electron chi connectivity index (χ1n) is 11.0. The van der Waals surface area contributed by atoms with E-state index in [0.717, 1.165) is 29.7 Å². The molecule has 1 atom stereocenters. The van der Waals surface area contributed by atoms with E-state index >= 15 is 0 Å². The number of hydrogen-bond acceptors (Lipinski definition) is 4. The second-order valence-electron chi connectivity index (χ2n) is 7.53. The first-order valence-corrected chi connectivity index (χ1v) is 12.5. The minimum atomic E-state index is -0.522. The smallest absolute Gasteiger partial charge is 0.242 e. The molecule has 0 saturated carbocycles. The Morgan fingerprint density at radius 1 is 1.16 bits per heavy atom. The summed E-state index contributed by atoms with van der Waals surface area (Å²) >= 11 is 7.74. The summed E-state index contributed by atoms with van der Waals surface area (Å²) in [5.41, 5.74) is 1.92. The molecule has 0 unspecified atom stereocenters. The van der Waals surface area contributed by atoms with Crippen LogP contribution in [-0.4, -0.2) is 42.2 Å². The average Bonchev–Trinajstić information content (AvgIpc) is 2.80. The summed E-state index contributed by atoms with van der Waals surface area (Å²) in [5.74, 6) is 1.46. The number of halogens is 1. The number of nitrogens with zero attached hydrogens (tertiary/aromatic N) is 1. The predicted molar refractivity (Wildman–Crippen MR) is 133 cm³/mol. The normalized spacial score (nSPS) is 11.6. The largest absolute Gasteiger partial charge is 0.497 e. The third-order valence-corrected chi connectivity index (χ3v) is 6.48. The zero-order valence-electron chi connectivity index (χ0n) is 19.1. The van der Waals surface area contributed by atoms with Crippen molar-refractivity contribution in [3.63, 3.8) is 0 Å². The van der Waals surface area contributed by atoms with Crippen molar-refractivity contribution in [2.75, 3.05) is 19.4 Å². The van der Waals surface area contributed by atoms with Crippen molar-refractivity contribution in [1.82, 2.24) is 10.2 Å². The standard InChI is InChI=1S/C25H33ClN2O3S/c1-4-6-14-27-25(30)23(5-2)28(16-19-10-9-12-21(15-19)31-3)24(29)18-32-17-20-11-7-8-13-22(20)26/h7-13,15,23H,4-6,14,16-18H2,1-3H3,(H,27,30)/t23-/m1/s1. The Hall–Kier alpha value is -2.18. The van der Waals surface area contributed by atoms with Crippen molar-refractivity contribution in [1.29, 1.82) is 0 Å². The summed E-state index contributed by atoms with van der Waals surface area (Å²) < 4.78 is 5.32. The Labute approximate surface area is 200 Å². The van der Waals surface area contributed by atoms with Gasteiger partial charge < -0.3 is 15.0 Å². The van der Waals surface area contributed by atoms with Crippen LogP contribution in [0, 0.1) is 0 Å². The third kappa shape index (κ3) is 8.06. The van der Waals surface area contributed by atoms with Gasteiger partial charge in [0.25, 0.3) is 0 Å². The maximum absolute atomic E-state index is 13.3. The van der Waals surface area contributed by atoms with E-state index in [2.05, 4.69) is 12.2 Å². The molecule has 0 bridgehead atoms. The van der Waals surface area contributed by atoms with E-state index < -0.39 is 6.04 Å². The lowest BCUT2D eigenvalue weighted by Gasteiger charge is -2.30. The topological polar surface area (TPSA) is 58.6 Å². The lowest BCUT2D eigenvalue weighted by molar-refractivity contribution is -0.139. The predicted octanol–water partition coefficient (Wildman–Crippen LogP) is 5.31. The zero-order valence-corrected chi connectivity index (χ0v) is 20.7. The Kier molecular flexibility index (Phi) is 11.5. The van der Waals surface area contributed by atoms with E-state index in [9.17, 15) is 9.59 Å². The van der Waals surface area contributed by atoms with Crippen LogP contribution in [0.25, 0.3) is 0 Å². The van der Waals surface area contributed by atoms with Crippen molar-refractivity contribution in [2.45, 2.75) is 51.4 Å². The molecule has 7 heteroatoms. The van der Waals surface area contributed by atoms with E-state index in [1.165, 1.54) is 11.8 Å². The highest BCUT2D eigenvalue weighted by atomic mass is 35.5. The first-order chi connectivity index (χ1) is 15.5. The van der Waals surface area contributed by atoms with Gasteiger partial charge in [0.2, 0.25) is 11.8 Å². The molecule has 2 amide bonds. The molecule has 174 valence electrons. The van der Waals surface area contributed by atoms with Crippen LogP contribution in [0.2, 0.25) is 5.02 Å². The fraction of sp³-hybridized carbons (Fsp3) is 0.440. The Morgan fingerprint density at radius 2 is 1.94 bits per heavy atom. The lowest BCUT2D eigenvalue weighted by Crippen LogP contribution is -2.49. The third-order valence-electron chi connectivity index (χ3n) is 5.14. The Bertz CT molecular complexity index is 878. The second kappa shape index (κ2) is 14.1. The van der Waals surface area contributed by atoms with Crippen LogP contribution in [0.5, 0.6) is 5.75 Å². The number of rotatable bonds is 13. The molecular formula is C25H33ClN2O3S. The molecule has 0 spiro atoms. The molecule has 0 aliphatic rings. The molecule has 0 aliphatic carbocycles. The van der Waals surface area contributed by atoms with E-state index in [1.54, 1.807) is 12.0 Å². The number of nitrogens with one attached hydrogen (secondary N) is 1. The van der Waals surface area contributed by atoms with Gasteiger partial charge in [-0.15, -0.1) is 11.8 Å². The van der Waals surface area contributed by atoms with Gasteiger partial charge in [0.1, 0.15) is 11.8 Å². The van der Waals surface area contributed by atoms with Crippen molar-refractivity contribution >= 4 is 35.2 Å². The summed E-state index contributed by atoms with van der Waals surface area (Å²) in [4.78, 5) is 27.9. The van der Waals surface area contributed by atoms with Gasteiger partial charge in [0.05, 0.1) is 12.9 Å². The quantitative estimate of drug-likeness (QED) is 0.398. The number of amides is 2. The molecular weight excluding hydrogens is 444 g/mol. The number of thioether (sulfide) groups is 1. The molecule has 32 heavy (non-hydrogen) atoms. The van der Waals surface area contributed by atoms with Crippen molar-refractivity contribution in [2.24, 2.45) is 0 Å². The van der Waals surface area contributed by atoms with Crippen molar-refractivity contribution < 1.29 is 14.3 Å². The maximum atomic E-state index is 13.3. The molecule has 0 aliphatic heterocycles.